The van der Waals surface area contributed by atoms with Gasteiger partial charge in [0.1, 0.15) is 11.5 Å². The number of nitrogens with one attached hydrogen (secondary N) is 2. The van der Waals surface area contributed by atoms with E-state index in [9.17, 15) is 19.8 Å². The van der Waals surface area contributed by atoms with Crippen molar-refractivity contribution >= 4 is 11.8 Å². The van der Waals surface area contributed by atoms with Crippen LogP contribution >= 0.6 is 0 Å². The van der Waals surface area contributed by atoms with Crippen LogP contribution in [0.4, 0.5) is 0 Å². The van der Waals surface area contributed by atoms with Crippen LogP contribution in [-0.4, -0.2) is 37.8 Å². The predicted molar refractivity (Wildman–Crippen MR) is 170 cm³/mol. The molecule has 1 aliphatic heterocycles. The van der Waals surface area contributed by atoms with E-state index in [1.54, 1.807) is 61.7 Å². The molecule has 2 aromatic heterocycles. The third-order valence-corrected chi connectivity index (χ3v) is 7.34. The molecule has 0 fully saturated rings. The van der Waals surface area contributed by atoms with Gasteiger partial charge < -0.3 is 30.3 Å². The van der Waals surface area contributed by atoms with Gasteiger partial charge in [0.2, 0.25) is 5.79 Å². The third-order valence-electron chi connectivity index (χ3n) is 7.34. The van der Waals surface area contributed by atoms with Gasteiger partial charge in [-0.25, -0.2) is 0 Å². The van der Waals surface area contributed by atoms with Crippen molar-refractivity contribution in [3.63, 3.8) is 0 Å². The van der Waals surface area contributed by atoms with Crippen LogP contribution in [0.1, 0.15) is 79.3 Å². The standard InChI is InChI=1S/C19H19N3O3.C16H15N3O3/c1-12-17-16(11-24-19(2,3)25-17)15(9-21-12)10-22-18(23)14-6-4-13(8-20)5-7-14;1-10-15(21)14(9-20)13(7-18-10)8-19-16(22)12-4-2-11(6-17)3-5-12/h4-7,9H,10-11H2,1-3H3,(H,22,23);2-5,7,20-21H,8-9H2,1H3,(H,19,22). The molecule has 0 saturated heterocycles. The van der Waals surface area contributed by atoms with Crippen LogP contribution in [0.15, 0.2) is 60.9 Å². The second-order valence-corrected chi connectivity index (χ2v) is 11.1. The minimum Gasteiger partial charge on any atom is -0.506 e. The first-order valence-electron chi connectivity index (χ1n) is 14.6. The highest BCUT2D eigenvalue weighted by molar-refractivity contribution is 5.94. The van der Waals surface area contributed by atoms with Gasteiger partial charge in [-0.15, -0.1) is 0 Å². The first-order valence-corrected chi connectivity index (χ1v) is 14.6. The van der Waals surface area contributed by atoms with Crippen molar-refractivity contribution < 1.29 is 29.3 Å². The molecule has 240 valence electrons. The average Bonchev–Trinajstić information content (AvgIpc) is 3.08. The Morgan fingerprint density at radius 1 is 0.851 bits per heavy atom. The van der Waals surface area contributed by atoms with Gasteiger partial charge in [-0.05, 0) is 73.5 Å². The number of aromatic hydroxyl groups is 1. The molecular formula is C35H34N6O6. The van der Waals surface area contributed by atoms with Crippen molar-refractivity contribution in [2.75, 3.05) is 0 Å². The summed E-state index contributed by atoms with van der Waals surface area (Å²) < 4.78 is 11.6. The molecule has 0 atom stereocenters. The van der Waals surface area contributed by atoms with E-state index in [2.05, 4.69) is 20.6 Å². The summed E-state index contributed by atoms with van der Waals surface area (Å²) >= 11 is 0. The molecule has 2 amide bonds. The molecule has 0 saturated carbocycles. The van der Waals surface area contributed by atoms with Gasteiger partial charge in [-0.2, -0.15) is 10.5 Å². The monoisotopic (exact) mass is 634 g/mol. The van der Waals surface area contributed by atoms with E-state index in [1.807, 2.05) is 32.9 Å². The van der Waals surface area contributed by atoms with E-state index in [4.69, 9.17) is 20.0 Å². The number of fused-ring (bicyclic) bond motifs is 1. The summed E-state index contributed by atoms with van der Waals surface area (Å²) in [5.74, 6) is -0.553. The van der Waals surface area contributed by atoms with Crippen molar-refractivity contribution in [1.29, 1.82) is 10.5 Å². The van der Waals surface area contributed by atoms with Gasteiger partial charge in [-0.1, -0.05) is 0 Å². The number of carbonyl (C=O) groups is 2. The predicted octanol–water partition coefficient (Wildman–Crippen LogP) is 4.23. The van der Waals surface area contributed by atoms with Crippen LogP contribution in [0, 0.1) is 36.5 Å². The Morgan fingerprint density at radius 3 is 1.85 bits per heavy atom. The number of benzene rings is 2. The van der Waals surface area contributed by atoms with Gasteiger partial charge in [-0.3, -0.25) is 19.6 Å². The Balaban J connectivity index is 0.000000215. The molecule has 0 radical (unpaired) electrons. The van der Waals surface area contributed by atoms with E-state index in [-0.39, 0.29) is 30.7 Å². The van der Waals surface area contributed by atoms with E-state index in [0.29, 0.717) is 52.2 Å². The van der Waals surface area contributed by atoms with Gasteiger partial charge in [0.25, 0.3) is 11.8 Å². The summed E-state index contributed by atoms with van der Waals surface area (Å²) in [6.07, 6.45) is 3.25. The first kappa shape index (κ1) is 34.1. The number of pyridine rings is 2. The fraction of sp³-hybridized carbons (Fsp3) is 0.257. The number of aromatic nitrogens is 2. The summed E-state index contributed by atoms with van der Waals surface area (Å²) in [6, 6.07) is 16.8. The van der Waals surface area contributed by atoms with Crippen LogP contribution in [0.3, 0.4) is 0 Å². The van der Waals surface area contributed by atoms with Gasteiger partial charge in [0.05, 0.1) is 47.9 Å². The molecule has 12 heteroatoms. The molecule has 1 aliphatic rings. The minimum atomic E-state index is -0.691. The van der Waals surface area contributed by atoms with Crippen LogP contribution < -0.4 is 15.4 Å². The fourth-order valence-electron chi connectivity index (χ4n) is 4.60. The highest BCUT2D eigenvalue weighted by Crippen LogP contribution is 2.35. The zero-order valence-corrected chi connectivity index (χ0v) is 26.4. The molecule has 4 N–H and O–H groups in total. The topological polar surface area (TPSA) is 190 Å². The smallest absolute Gasteiger partial charge is 0.251 e. The normalized spacial score (nSPS) is 12.6. The first-order chi connectivity index (χ1) is 22.5. The number of amides is 2. The molecule has 0 bridgehead atoms. The Kier molecular flexibility index (Phi) is 10.9. The molecule has 0 unspecified atom stereocenters. The number of aliphatic hydroxyl groups excluding tert-OH is 1. The SMILES string of the molecule is Cc1ncc(CNC(=O)c2ccc(C#N)cc2)c(CO)c1O.Cc1ncc(CNC(=O)c2ccc(C#N)cc2)c2c1OC(C)(C)OC2. The van der Waals surface area contributed by atoms with Crippen molar-refractivity contribution in [3.8, 4) is 23.6 Å². The third kappa shape index (κ3) is 8.47. The maximum atomic E-state index is 12.3. The molecule has 0 aliphatic carbocycles. The van der Waals surface area contributed by atoms with Crippen molar-refractivity contribution in [2.24, 2.45) is 0 Å². The Hall–Kier alpha value is -5.82. The summed E-state index contributed by atoms with van der Waals surface area (Å²) in [5, 5.41) is 42.3. The number of hydrogen-bond acceptors (Lipinski definition) is 10. The fourth-order valence-corrected chi connectivity index (χ4v) is 4.60. The minimum absolute atomic E-state index is 0.0624. The van der Waals surface area contributed by atoms with Crippen LogP contribution in [0.25, 0.3) is 0 Å². The molecule has 47 heavy (non-hydrogen) atoms. The van der Waals surface area contributed by atoms with E-state index >= 15 is 0 Å². The van der Waals surface area contributed by atoms with Crippen molar-refractivity contribution in [1.82, 2.24) is 20.6 Å². The highest BCUT2D eigenvalue weighted by Gasteiger charge is 2.30. The van der Waals surface area contributed by atoms with Crippen molar-refractivity contribution in [2.45, 2.75) is 59.8 Å². The van der Waals surface area contributed by atoms with E-state index in [1.165, 1.54) is 6.20 Å². The molecule has 0 spiro atoms. The number of rotatable bonds is 7. The second kappa shape index (κ2) is 15.0. The van der Waals surface area contributed by atoms with E-state index in [0.717, 1.165) is 22.6 Å². The average molecular weight is 635 g/mol. The summed E-state index contributed by atoms with van der Waals surface area (Å²) in [6.45, 7) is 7.76. The Labute approximate surface area is 272 Å². The lowest BCUT2D eigenvalue weighted by atomic mass is 10.1. The lowest BCUT2D eigenvalue weighted by molar-refractivity contribution is -0.180. The number of aryl methyl sites for hydroxylation is 2. The Morgan fingerprint density at radius 2 is 1.34 bits per heavy atom. The number of aliphatic hydroxyl groups is 1. The number of ether oxygens (including phenoxy) is 2. The lowest BCUT2D eigenvalue weighted by Crippen LogP contribution is -2.36. The molecule has 4 aromatic rings. The molecule has 2 aromatic carbocycles. The van der Waals surface area contributed by atoms with Gasteiger partial charge in [0.15, 0.2) is 0 Å². The molecular weight excluding hydrogens is 600 g/mol. The highest BCUT2D eigenvalue weighted by atomic mass is 16.7. The van der Waals surface area contributed by atoms with Gasteiger partial charge in [0, 0.05) is 61.6 Å². The summed E-state index contributed by atoms with van der Waals surface area (Å²) in [4.78, 5) is 32.7. The van der Waals surface area contributed by atoms with Crippen LogP contribution in [0.5, 0.6) is 11.5 Å². The summed E-state index contributed by atoms with van der Waals surface area (Å²) in [7, 11) is 0. The number of hydrogen-bond donors (Lipinski definition) is 4. The number of nitrogens with zero attached hydrogens (tertiary/aromatic N) is 4. The second-order valence-electron chi connectivity index (χ2n) is 11.1. The van der Waals surface area contributed by atoms with Crippen LogP contribution in [0.2, 0.25) is 0 Å². The lowest BCUT2D eigenvalue weighted by Gasteiger charge is -2.34. The maximum absolute atomic E-state index is 12.3. The molecule has 3 heterocycles. The quantitative estimate of drug-likeness (QED) is 0.229. The maximum Gasteiger partial charge on any atom is 0.251 e. The number of nitriles is 2. The largest absolute Gasteiger partial charge is 0.506 e. The summed E-state index contributed by atoms with van der Waals surface area (Å²) in [5.41, 5.74) is 5.82. The number of carbonyl (C=O) groups excluding carboxylic acids is 2. The van der Waals surface area contributed by atoms with E-state index < -0.39 is 5.79 Å². The molecule has 12 nitrogen and oxygen atoms in total. The zero-order valence-electron chi connectivity index (χ0n) is 26.4. The van der Waals surface area contributed by atoms with Crippen molar-refractivity contribution in [3.05, 3.63) is 117 Å². The van der Waals surface area contributed by atoms with Gasteiger partial charge >= 0.3 is 0 Å². The molecule has 5 rings (SSSR count). The Bertz CT molecular complexity index is 1860. The van der Waals surface area contributed by atoms with Crippen LogP contribution in [-0.2, 0) is 31.0 Å². The zero-order chi connectivity index (χ0) is 34.1.